The lowest BCUT2D eigenvalue weighted by Crippen LogP contribution is -2.18. The minimum atomic E-state index is -0.410. The van der Waals surface area contributed by atoms with Gasteiger partial charge in [0.05, 0.1) is 20.1 Å². The van der Waals surface area contributed by atoms with Gasteiger partial charge in [0, 0.05) is 11.6 Å². The molecule has 19 heavy (non-hydrogen) atoms. The van der Waals surface area contributed by atoms with Crippen LogP contribution < -0.4 is 10.5 Å². The van der Waals surface area contributed by atoms with Gasteiger partial charge in [-0.15, -0.1) is 0 Å². The lowest BCUT2D eigenvalue weighted by molar-refractivity contribution is -0.143. The topological polar surface area (TPSA) is 61.5 Å². The average molecular weight is 265 g/mol. The van der Waals surface area contributed by atoms with Gasteiger partial charge in [0.2, 0.25) is 0 Å². The Hall–Kier alpha value is -1.55. The first-order valence-corrected chi connectivity index (χ1v) is 6.58. The Bertz CT molecular complexity index is 429. The highest BCUT2D eigenvalue weighted by molar-refractivity contribution is 5.70. The van der Waals surface area contributed by atoms with Crippen LogP contribution in [-0.2, 0) is 9.53 Å². The van der Waals surface area contributed by atoms with E-state index in [4.69, 9.17) is 15.2 Å². The number of esters is 1. The molecule has 2 N–H and O–H groups in total. The van der Waals surface area contributed by atoms with E-state index >= 15 is 0 Å². The maximum absolute atomic E-state index is 11.5. The van der Waals surface area contributed by atoms with Gasteiger partial charge < -0.3 is 15.2 Å². The molecule has 0 aliphatic carbocycles. The summed E-state index contributed by atoms with van der Waals surface area (Å²) in [6, 6.07) is 5.51. The second kappa shape index (κ2) is 7.14. The predicted octanol–water partition coefficient (Wildman–Crippen LogP) is 2.77. The molecular weight excluding hydrogens is 242 g/mol. The van der Waals surface area contributed by atoms with E-state index in [1.807, 2.05) is 18.2 Å². The van der Waals surface area contributed by atoms with Gasteiger partial charge in [-0.1, -0.05) is 26.0 Å². The van der Waals surface area contributed by atoms with Gasteiger partial charge in [0.25, 0.3) is 0 Å². The Morgan fingerprint density at radius 1 is 1.37 bits per heavy atom. The molecular formula is C15H23NO3. The number of methoxy groups -OCH3 is 1. The van der Waals surface area contributed by atoms with E-state index in [0.717, 1.165) is 5.56 Å². The molecule has 4 heteroatoms. The Balaban J connectivity index is 2.95. The standard InChI is InChI=1S/C15H23NO3/c1-5-19-15(17)9-13(16)12-8-11(10(2)3)6-7-14(12)18-4/h6-8,10,13H,5,9,16H2,1-4H3/t13-/m1/s1. The SMILES string of the molecule is CCOC(=O)C[C@@H](N)c1cc(C(C)C)ccc1OC. The van der Waals surface area contributed by atoms with Crippen LogP contribution in [0.5, 0.6) is 5.75 Å². The zero-order valence-corrected chi connectivity index (χ0v) is 12.1. The van der Waals surface area contributed by atoms with Gasteiger partial charge in [-0.25, -0.2) is 0 Å². The summed E-state index contributed by atoms with van der Waals surface area (Å²) < 4.78 is 10.2. The minimum absolute atomic E-state index is 0.158. The largest absolute Gasteiger partial charge is 0.496 e. The van der Waals surface area contributed by atoms with Crippen LogP contribution in [0.1, 0.15) is 50.3 Å². The monoisotopic (exact) mass is 265 g/mol. The van der Waals surface area contributed by atoms with Crippen molar-refractivity contribution in [2.45, 2.75) is 39.2 Å². The van der Waals surface area contributed by atoms with Crippen molar-refractivity contribution in [2.75, 3.05) is 13.7 Å². The number of ether oxygens (including phenoxy) is 2. The molecule has 106 valence electrons. The predicted molar refractivity (Wildman–Crippen MR) is 75.3 cm³/mol. The molecule has 0 bridgehead atoms. The lowest BCUT2D eigenvalue weighted by Gasteiger charge is -2.17. The van der Waals surface area contributed by atoms with E-state index in [0.29, 0.717) is 18.3 Å². The summed E-state index contributed by atoms with van der Waals surface area (Å²) in [5, 5.41) is 0. The highest BCUT2D eigenvalue weighted by atomic mass is 16.5. The van der Waals surface area contributed by atoms with Crippen LogP contribution in [0.2, 0.25) is 0 Å². The summed E-state index contributed by atoms with van der Waals surface area (Å²) in [5.74, 6) is 0.827. The Kier molecular flexibility index (Phi) is 5.83. The molecule has 0 saturated carbocycles. The van der Waals surface area contributed by atoms with Crippen LogP contribution in [0.4, 0.5) is 0 Å². The summed E-state index contributed by atoms with van der Waals surface area (Å²) in [7, 11) is 1.60. The van der Waals surface area contributed by atoms with Gasteiger partial charge in [-0.2, -0.15) is 0 Å². The van der Waals surface area contributed by atoms with Crippen LogP contribution in [0.25, 0.3) is 0 Å². The van der Waals surface area contributed by atoms with Crippen LogP contribution in [-0.4, -0.2) is 19.7 Å². The zero-order valence-electron chi connectivity index (χ0n) is 12.1. The number of rotatable bonds is 6. The average Bonchev–Trinajstić information content (AvgIpc) is 2.37. The van der Waals surface area contributed by atoms with Crippen molar-refractivity contribution in [3.63, 3.8) is 0 Å². The highest BCUT2D eigenvalue weighted by Crippen LogP contribution is 2.29. The lowest BCUT2D eigenvalue weighted by atomic mass is 9.96. The number of hydrogen-bond donors (Lipinski definition) is 1. The molecule has 1 rings (SSSR count). The Morgan fingerprint density at radius 3 is 2.58 bits per heavy atom. The molecule has 0 aromatic heterocycles. The molecule has 0 fully saturated rings. The third-order valence-corrected chi connectivity index (χ3v) is 3.01. The zero-order chi connectivity index (χ0) is 14.4. The molecule has 0 saturated heterocycles. The van der Waals surface area contributed by atoms with Gasteiger partial charge in [0.15, 0.2) is 0 Å². The van der Waals surface area contributed by atoms with Gasteiger partial charge in [0.1, 0.15) is 5.75 Å². The first-order chi connectivity index (χ1) is 8.99. The number of benzene rings is 1. The number of carbonyl (C=O) groups excluding carboxylic acids is 1. The van der Waals surface area contributed by atoms with E-state index in [9.17, 15) is 4.79 Å². The summed E-state index contributed by atoms with van der Waals surface area (Å²) in [4.78, 5) is 11.5. The van der Waals surface area contributed by atoms with Crippen molar-refractivity contribution in [3.8, 4) is 5.75 Å². The maximum atomic E-state index is 11.5. The van der Waals surface area contributed by atoms with Gasteiger partial charge in [-0.05, 0) is 24.5 Å². The van der Waals surface area contributed by atoms with Crippen molar-refractivity contribution in [3.05, 3.63) is 29.3 Å². The highest BCUT2D eigenvalue weighted by Gasteiger charge is 2.17. The quantitative estimate of drug-likeness (QED) is 0.803. The second-order valence-electron chi connectivity index (χ2n) is 4.77. The first kappa shape index (κ1) is 15.5. The third-order valence-electron chi connectivity index (χ3n) is 3.01. The van der Waals surface area contributed by atoms with E-state index in [1.54, 1.807) is 14.0 Å². The van der Waals surface area contributed by atoms with Crippen molar-refractivity contribution in [1.29, 1.82) is 0 Å². The van der Waals surface area contributed by atoms with Crippen LogP contribution in [0.15, 0.2) is 18.2 Å². The molecule has 0 amide bonds. The number of hydrogen-bond acceptors (Lipinski definition) is 4. The summed E-state index contributed by atoms with van der Waals surface area (Å²) in [6.07, 6.45) is 0.158. The van der Waals surface area contributed by atoms with Crippen LogP contribution >= 0.6 is 0 Å². The number of carbonyl (C=O) groups is 1. The fraction of sp³-hybridized carbons (Fsp3) is 0.533. The molecule has 4 nitrogen and oxygen atoms in total. The van der Waals surface area contributed by atoms with Crippen LogP contribution in [0, 0.1) is 0 Å². The second-order valence-corrected chi connectivity index (χ2v) is 4.77. The normalized spacial score (nSPS) is 12.3. The Labute approximate surface area is 114 Å². The molecule has 0 aliphatic heterocycles. The minimum Gasteiger partial charge on any atom is -0.496 e. The van der Waals surface area contributed by atoms with E-state index < -0.39 is 6.04 Å². The number of nitrogens with two attached hydrogens (primary N) is 1. The van der Waals surface area contributed by atoms with Crippen molar-refractivity contribution < 1.29 is 14.3 Å². The van der Waals surface area contributed by atoms with Crippen molar-refractivity contribution in [2.24, 2.45) is 5.73 Å². The summed E-state index contributed by atoms with van der Waals surface area (Å²) in [6.45, 7) is 6.38. The van der Waals surface area contributed by atoms with Crippen molar-refractivity contribution in [1.82, 2.24) is 0 Å². The molecule has 0 unspecified atom stereocenters. The fourth-order valence-electron chi connectivity index (χ4n) is 1.91. The van der Waals surface area contributed by atoms with Crippen molar-refractivity contribution >= 4 is 5.97 Å². The molecule has 0 spiro atoms. The molecule has 0 radical (unpaired) electrons. The first-order valence-electron chi connectivity index (χ1n) is 6.58. The van der Waals surface area contributed by atoms with Gasteiger partial charge in [-0.3, -0.25) is 4.79 Å². The van der Waals surface area contributed by atoms with E-state index in [-0.39, 0.29) is 12.4 Å². The summed E-state index contributed by atoms with van der Waals surface area (Å²) >= 11 is 0. The van der Waals surface area contributed by atoms with E-state index in [2.05, 4.69) is 13.8 Å². The smallest absolute Gasteiger partial charge is 0.307 e. The van der Waals surface area contributed by atoms with Gasteiger partial charge >= 0.3 is 5.97 Å². The molecule has 0 heterocycles. The molecule has 1 atom stereocenters. The third kappa shape index (κ3) is 4.24. The molecule has 1 aromatic rings. The summed E-state index contributed by atoms with van der Waals surface area (Å²) in [5.41, 5.74) is 8.12. The Morgan fingerprint density at radius 2 is 2.05 bits per heavy atom. The van der Waals surface area contributed by atoms with E-state index in [1.165, 1.54) is 5.56 Å². The fourth-order valence-corrected chi connectivity index (χ4v) is 1.91. The molecule has 0 aliphatic rings. The maximum Gasteiger partial charge on any atom is 0.307 e. The van der Waals surface area contributed by atoms with Crippen LogP contribution in [0.3, 0.4) is 0 Å². The molecule has 1 aromatic carbocycles.